The highest BCUT2D eigenvalue weighted by atomic mass is 35.5. The van der Waals surface area contributed by atoms with E-state index in [0.717, 1.165) is 5.56 Å². The van der Waals surface area contributed by atoms with Crippen LogP contribution < -0.4 is 10.6 Å². The van der Waals surface area contributed by atoms with E-state index in [-0.39, 0.29) is 16.7 Å². The van der Waals surface area contributed by atoms with Crippen molar-refractivity contribution >= 4 is 57.9 Å². The molecule has 1 heterocycles. The number of hydrogen-bond donors (Lipinski definition) is 2. The molecule has 0 saturated heterocycles. The van der Waals surface area contributed by atoms with Gasteiger partial charge in [-0.15, -0.1) is 5.10 Å². The highest BCUT2D eigenvalue weighted by Gasteiger charge is 2.10. The lowest BCUT2D eigenvalue weighted by molar-refractivity contribution is -0.384. The zero-order valence-electron chi connectivity index (χ0n) is 13.6. The SMILES string of the molecule is O=[N+]([O-])c1ccc(NC(=S)Nc2ncn(Cc3c(Cl)cccc3Cl)n2)cc1. The third-order valence-corrected chi connectivity index (χ3v) is 4.39. The van der Waals surface area contributed by atoms with E-state index in [1.54, 1.807) is 35.0 Å². The number of rotatable bonds is 5. The molecule has 0 aliphatic carbocycles. The van der Waals surface area contributed by atoms with Crippen LogP contribution in [-0.2, 0) is 6.54 Å². The number of nitrogens with one attached hydrogen (secondary N) is 2. The summed E-state index contributed by atoms with van der Waals surface area (Å²) in [7, 11) is 0. The summed E-state index contributed by atoms with van der Waals surface area (Å²) in [5, 5.41) is 22.0. The number of thiocarbonyl (C=S) groups is 1. The van der Waals surface area contributed by atoms with Crippen LogP contribution in [0.2, 0.25) is 10.0 Å². The minimum Gasteiger partial charge on any atom is -0.332 e. The first-order valence-electron chi connectivity index (χ1n) is 7.57. The van der Waals surface area contributed by atoms with Gasteiger partial charge in [-0.3, -0.25) is 15.4 Å². The molecule has 0 fully saturated rings. The zero-order chi connectivity index (χ0) is 19.4. The smallest absolute Gasteiger partial charge is 0.269 e. The second kappa shape index (κ2) is 8.30. The Kier molecular flexibility index (Phi) is 5.84. The summed E-state index contributed by atoms with van der Waals surface area (Å²) in [6, 6.07) is 11.1. The lowest BCUT2D eigenvalue weighted by Crippen LogP contribution is -2.20. The molecule has 11 heteroatoms. The predicted molar refractivity (Wildman–Crippen MR) is 109 cm³/mol. The molecule has 27 heavy (non-hydrogen) atoms. The Bertz CT molecular complexity index is 973. The van der Waals surface area contributed by atoms with E-state index in [9.17, 15) is 10.1 Å². The largest absolute Gasteiger partial charge is 0.332 e. The van der Waals surface area contributed by atoms with Crippen molar-refractivity contribution in [3.63, 3.8) is 0 Å². The molecule has 2 aromatic carbocycles. The van der Waals surface area contributed by atoms with Crippen molar-refractivity contribution in [2.24, 2.45) is 0 Å². The molecule has 8 nitrogen and oxygen atoms in total. The monoisotopic (exact) mass is 422 g/mol. The topological polar surface area (TPSA) is 97.9 Å². The average Bonchev–Trinajstić information content (AvgIpc) is 3.05. The molecule has 0 bridgehead atoms. The van der Waals surface area contributed by atoms with Crippen molar-refractivity contribution < 1.29 is 4.92 Å². The number of non-ortho nitro benzene ring substituents is 1. The molecule has 2 N–H and O–H groups in total. The van der Waals surface area contributed by atoms with Crippen LogP contribution in [0.4, 0.5) is 17.3 Å². The van der Waals surface area contributed by atoms with Gasteiger partial charge in [0.25, 0.3) is 5.69 Å². The summed E-state index contributed by atoms with van der Waals surface area (Å²) in [5.41, 5.74) is 1.34. The predicted octanol–water partition coefficient (Wildman–Crippen LogP) is 4.35. The van der Waals surface area contributed by atoms with E-state index in [2.05, 4.69) is 20.7 Å². The Hall–Kier alpha value is -2.75. The van der Waals surface area contributed by atoms with Crippen LogP contribution in [-0.4, -0.2) is 24.8 Å². The molecule has 0 aliphatic rings. The van der Waals surface area contributed by atoms with Gasteiger partial charge in [-0.2, -0.15) is 0 Å². The standard InChI is InChI=1S/C16H12Cl2N6O2S/c17-13-2-1-3-14(18)12(13)8-23-9-19-15(22-23)21-16(27)20-10-4-6-11(7-5-10)24(25)26/h1-7,9H,8H2,(H2,20,21,22,27). The Morgan fingerprint density at radius 2 is 1.81 bits per heavy atom. The molecule has 0 spiro atoms. The van der Waals surface area contributed by atoms with Gasteiger partial charge in [-0.05, 0) is 36.5 Å². The first-order chi connectivity index (χ1) is 12.9. The lowest BCUT2D eigenvalue weighted by Gasteiger charge is -2.08. The second-order valence-electron chi connectivity index (χ2n) is 5.35. The van der Waals surface area contributed by atoms with Crippen molar-refractivity contribution in [1.82, 2.24) is 14.8 Å². The minimum absolute atomic E-state index is 0.00179. The summed E-state index contributed by atoms with van der Waals surface area (Å²) >= 11 is 17.5. The first-order valence-corrected chi connectivity index (χ1v) is 8.73. The van der Waals surface area contributed by atoms with E-state index in [1.807, 2.05) is 0 Å². The van der Waals surface area contributed by atoms with Gasteiger partial charge < -0.3 is 5.32 Å². The fraction of sp³-hybridized carbons (Fsp3) is 0.0625. The number of nitro benzene ring substituents is 1. The molecule has 0 saturated carbocycles. The zero-order valence-corrected chi connectivity index (χ0v) is 15.9. The van der Waals surface area contributed by atoms with Gasteiger partial charge in [0, 0.05) is 33.4 Å². The number of nitro groups is 1. The van der Waals surface area contributed by atoms with Crippen LogP contribution in [0.15, 0.2) is 48.8 Å². The normalized spacial score (nSPS) is 10.4. The highest BCUT2D eigenvalue weighted by Crippen LogP contribution is 2.25. The van der Waals surface area contributed by atoms with Crippen molar-refractivity contribution in [3.05, 3.63) is 74.5 Å². The molecule has 3 aromatic rings. The van der Waals surface area contributed by atoms with Crippen molar-refractivity contribution in [1.29, 1.82) is 0 Å². The summed E-state index contributed by atoms with van der Waals surface area (Å²) in [6.45, 7) is 0.357. The first kappa shape index (κ1) is 19.0. The molecule has 0 atom stereocenters. The van der Waals surface area contributed by atoms with Crippen LogP contribution >= 0.6 is 35.4 Å². The van der Waals surface area contributed by atoms with E-state index in [0.29, 0.717) is 22.3 Å². The summed E-state index contributed by atoms with van der Waals surface area (Å²) < 4.78 is 1.57. The molecule has 1 aromatic heterocycles. The van der Waals surface area contributed by atoms with Crippen LogP contribution in [0.5, 0.6) is 0 Å². The maximum absolute atomic E-state index is 10.7. The van der Waals surface area contributed by atoms with Crippen molar-refractivity contribution in [2.45, 2.75) is 6.54 Å². The van der Waals surface area contributed by atoms with E-state index >= 15 is 0 Å². The van der Waals surface area contributed by atoms with Crippen LogP contribution in [0.25, 0.3) is 0 Å². The number of halogens is 2. The summed E-state index contributed by atoms with van der Waals surface area (Å²) in [5.74, 6) is 0.289. The van der Waals surface area contributed by atoms with E-state index < -0.39 is 4.92 Å². The van der Waals surface area contributed by atoms with Gasteiger partial charge in [-0.25, -0.2) is 9.67 Å². The lowest BCUT2D eigenvalue weighted by atomic mass is 10.2. The Morgan fingerprint density at radius 1 is 1.15 bits per heavy atom. The third kappa shape index (κ3) is 4.91. The van der Waals surface area contributed by atoms with Gasteiger partial charge in [0.15, 0.2) is 5.11 Å². The Balaban J connectivity index is 1.61. The minimum atomic E-state index is -0.470. The third-order valence-electron chi connectivity index (χ3n) is 3.48. The van der Waals surface area contributed by atoms with E-state index in [1.165, 1.54) is 18.5 Å². The summed E-state index contributed by atoms with van der Waals surface area (Å²) in [6.07, 6.45) is 1.52. The van der Waals surface area contributed by atoms with Crippen LogP contribution in [0, 0.1) is 10.1 Å². The number of benzene rings is 2. The second-order valence-corrected chi connectivity index (χ2v) is 6.57. The Morgan fingerprint density at radius 3 is 2.44 bits per heavy atom. The fourth-order valence-electron chi connectivity index (χ4n) is 2.20. The molecular formula is C16H12Cl2N6O2S. The average molecular weight is 423 g/mol. The molecule has 0 amide bonds. The van der Waals surface area contributed by atoms with Gasteiger partial charge in [-0.1, -0.05) is 29.3 Å². The summed E-state index contributed by atoms with van der Waals surface area (Å²) in [4.78, 5) is 14.3. The van der Waals surface area contributed by atoms with Crippen molar-refractivity contribution in [3.8, 4) is 0 Å². The Labute approximate surface area is 169 Å². The number of anilines is 2. The fourth-order valence-corrected chi connectivity index (χ4v) is 2.93. The number of hydrogen-bond acceptors (Lipinski definition) is 5. The molecule has 0 radical (unpaired) electrons. The number of aromatic nitrogens is 3. The maximum Gasteiger partial charge on any atom is 0.269 e. The maximum atomic E-state index is 10.7. The number of nitrogens with zero attached hydrogens (tertiary/aromatic N) is 4. The quantitative estimate of drug-likeness (QED) is 0.358. The molecule has 138 valence electrons. The van der Waals surface area contributed by atoms with Gasteiger partial charge in [0.05, 0.1) is 11.5 Å². The molecular weight excluding hydrogens is 411 g/mol. The molecule has 0 unspecified atom stereocenters. The van der Waals surface area contributed by atoms with Crippen LogP contribution in [0.1, 0.15) is 5.56 Å². The molecule has 3 rings (SSSR count). The van der Waals surface area contributed by atoms with Gasteiger partial charge in [0.1, 0.15) is 6.33 Å². The highest BCUT2D eigenvalue weighted by molar-refractivity contribution is 7.80. The van der Waals surface area contributed by atoms with Gasteiger partial charge in [0.2, 0.25) is 5.95 Å². The van der Waals surface area contributed by atoms with Crippen LogP contribution in [0.3, 0.4) is 0 Å². The van der Waals surface area contributed by atoms with Crippen molar-refractivity contribution in [2.75, 3.05) is 10.6 Å². The van der Waals surface area contributed by atoms with E-state index in [4.69, 9.17) is 35.4 Å². The van der Waals surface area contributed by atoms with Gasteiger partial charge >= 0.3 is 0 Å². The molecule has 0 aliphatic heterocycles.